The lowest BCUT2D eigenvalue weighted by molar-refractivity contribution is 0.565. The normalized spacial score (nSPS) is 18.3. The van der Waals surface area contributed by atoms with Crippen molar-refractivity contribution in [3.8, 4) is 0 Å². The average Bonchev–Trinajstić information content (AvgIpc) is 2.62. The molecule has 0 saturated carbocycles. The SMILES string of the molecule is Cn1ncc(CCN)c1C1CCSCC1. The highest BCUT2D eigenvalue weighted by molar-refractivity contribution is 7.99. The van der Waals surface area contributed by atoms with Crippen LogP contribution in [0.15, 0.2) is 6.20 Å². The number of nitrogens with zero attached hydrogens (tertiary/aromatic N) is 2. The van der Waals surface area contributed by atoms with E-state index < -0.39 is 0 Å². The third-order valence-electron chi connectivity index (χ3n) is 3.09. The first-order valence-corrected chi connectivity index (χ1v) is 6.77. The second-order valence-electron chi connectivity index (χ2n) is 4.10. The minimum Gasteiger partial charge on any atom is -0.330 e. The van der Waals surface area contributed by atoms with E-state index in [9.17, 15) is 0 Å². The summed E-state index contributed by atoms with van der Waals surface area (Å²) in [6.45, 7) is 0.722. The van der Waals surface area contributed by atoms with Crippen molar-refractivity contribution in [2.24, 2.45) is 12.8 Å². The summed E-state index contributed by atoms with van der Waals surface area (Å²) in [4.78, 5) is 0. The zero-order valence-corrected chi connectivity index (χ0v) is 10.1. The number of hydrogen-bond donors (Lipinski definition) is 1. The molecular weight excluding hydrogens is 206 g/mol. The van der Waals surface area contributed by atoms with Crippen LogP contribution in [0.5, 0.6) is 0 Å². The van der Waals surface area contributed by atoms with E-state index >= 15 is 0 Å². The molecule has 2 N–H and O–H groups in total. The zero-order valence-electron chi connectivity index (χ0n) is 9.28. The van der Waals surface area contributed by atoms with E-state index in [0.717, 1.165) is 13.0 Å². The van der Waals surface area contributed by atoms with Crippen LogP contribution in [-0.2, 0) is 13.5 Å². The summed E-state index contributed by atoms with van der Waals surface area (Å²) < 4.78 is 2.05. The van der Waals surface area contributed by atoms with Crippen LogP contribution in [-0.4, -0.2) is 27.8 Å². The highest BCUT2D eigenvalue weighted by atomic mass is 32.2. The van der Waals surface area contributed by atoms with Crippen molar-refractivity contribution in [3.05, 3.63) is 17.5 Å². The first-order valence-electron chi connectivity index (χ1n) is 5.61. The van der Waals surface area contributed by atoms with Gasteiger partial charge in [-0.15, -0.1) is 0 Å². The summed E-state index contributed by atoms with van der Waals surface area (Å²) in [5.41, 5.74) is 8.42. The fraction of sp³-hybridized carbons (Fsp3) is 0.727. The third kappa shape index (κ3) is 2.37. The first kappa shape index (κ1) is 11.0. The quantitative estimate of drug-likeness (QED) is 0.848. The molecule has 0 aromatic carbocycles. The molecule has 2 rings (SSSR count). The maximum absolute atomic E-state index is 5.63. The van der Waals surface area contributed by atoms with Gasteiger partial charge in [0.1, 0.15) is 0 Å². The number of thioether (sulfide) groups is 1. The van der Waals surface area contributed by atoms with Crippen molar-refractivity contribution in [2.45, 2.75) is 25.2 Å². The molecule has 1 aromatic heterocycles. The first-order chi connectivity index (χ1) is 7.33. The Hall–Kier alpha value is -0.480. The lowest BCUT2D eigenvalue weighted by atomic mass is 9.94. The van der Waals surface area contributed by atoms with Crippen LogP contribution in [0.3, 0.4) is 0 Å². The van der Waals surface area contributed by atoms with Gasteiger partial charge in [-0.05, 0) is 42.9 Å². The zero-order chi connectivity index (χ0) is 10.7. The summed E-state index contributed by atoms with van der Waals surface area (Å²) >= 11 is 2.07. The van der Waals surface area contributed by atoms with Crippen LogP contribution >= 0.6 is 11.8 Å². The minimum atomic E-state index is 0.709. The fourth-order valence-electron chi connectivity index (χ4n) is 2.34. The van der Waals surface area contributed by atoms with Crippen molar-refractivity contribution in [1.82, 2.24) is 9.78 Å². The number of rotatable bonds is 3. The molecule has 84 valence electrons. The van der Waals surface area contributed by atoms with Gasteiger partial charge in [-0.3, -0.25) is 4.68 Å². The molecule has 3 nitrogen and oxygen atoms in total. The van der Waals surface area contributed by atoms with Crippen LogP contribution in [0.25, 0.3) is 0 Å². The van der Waals surface area contributed by atoms with Gasteiger partial charge in [-0.25, -0.2) is 0 Å². The summed E-state index contributed by atoms with van der Waals surface area (Å²) in [5, 5.41) is 4.36. The van der Waals surface area contributed by atoms with E-state index in [1.165, 1.54) is 35.6 Å². The Morgan fingerprint density at radius 2 is 2.27 bits per heavy atom. The molecule has 1 aliphatic rings. The van der Waals surface area contributed by atoms with E-state index in [-0.39, 0.29) is 0 Å². The smallest absolute Gasteiger partial charge is 0.0525 e. The largest absolute Gasteiger partial charge is 0.330 e. The molecule has 4 heteroatoms. The molecule has 0 aliphatic carbocycles. The Balaban J connectivity index is 2.19. The average molecular weight is 225 g/mol. The van der Waals surface area contributed by atoms with E-state index in [4.69, 9.17) is 5.73 Å². The molecule has 1 aromatic rings. The van der Waals surface area contributed by atoms with Gasteiger partial charge < -0.3 is 5.73 Å². The van der Waals surface area contributed by atoms with Gasteiger partial charge in [0, 0.05) is 18.7 Å². The van der Waals surface area contributed by atoms with E-state index in [1.807, 2.05) is 10.9 Å². The molecule has 1 fully saturated rings. The van der Waals surface area contributed by atoms with Crippen molar-refractivity contribution in [3.63, 3.8) is 0 Å². The second kappa shape index (κ2) is 5.03. The number of aromatic nitrogens is 2. The molecule has 0 bridgehead atoms. The summed E-state index contributed by atoms with van der Waals surface area (Å²) in [6, 6.07) is 0. The minimum absolute atomic E-state index is 0.709. The van der Waals surface area contributed by atoms with E-state index in [0.29, 0.717) is 5.92 Å². The van der Waals surface area contributed by atoms with Crippen LogP contribution in [0, 0.1) is 0 Å². The van der Waals surface area contributed by atoms with Gasteiger partial charge in [-0.1, -0.05) is 0 Å². The molecule has 0 amide bonds. The fourth-order valence-corrected chi connectivity index (χ4v) is 3.44. The van der Waals surface area contributed by atoms with E-state index in [2.05, 4.69) is 23.9 Å². The van der Waals surface area contributed by atoms with Gasteiger partial charge in [0.2, 0.25) is 0 Å². The van der Waals surface area contributed by atoms with Crippen LogP contribution in [0.4, 0.5) is 0 Å². The van der Waals surface area contributed by atoms with Gasteiger partial charge >= 0.3 is 0 Å². The predicted molar refractivity (Wildman–Crippen MR) is 65.3 cm³/mol. The molecule has 1 saturated heterocycles. The van der Waals surface area contributed by atoms with Crippen molar-refractivity contribution in [1.29, 1.82) is 0 Å². The van der Waals surface area contributed by atoms with Crippen LogP contribution < -0.4 is 5.73 Å². The summed E-state index contributed by atoms with van der Waals surface area (Å²) in [7, 11) is 2.05. The molecule has 1 aliphatic heterocycles. The van der Waals surface area contributed by atoms with E-state index in [1.54, 1.807) is 0 Å². The Morgan fingerprint density at radius 3 is 2.93 bits per heavy atom. The third-order valence-corrected chi connectivity index (χ3v) is 4.13. The predicted octanol–water partition coefficient (Wildman–Crippen LogP) is 1.53. The Labute approximate surface area is 95.4 Å². The molecule has 2 heterocycles. The number of hydrogen-bond acceptors (Lipinski definition) is 3. The maximum atomic E-state index is 5.63. The van der Waals surface area contributed by atoms with Gasteiger partial charge in [0.25, 0.3) is 0 Å². The highest BCUT2D eigenvalue weighted by Gasteiger charge is 2.21. The van der Waals surface area contributed by atoms with Crippen molar-refractivity contribution >= 4 is 11.8 Å². The van der Waals surface area contributed by atoms with Crippen molar-refractivity contribution < 1.29 is 0 Å². The Bertz CT molecular complexity index is 316. The molecule has 0 radical (unpaired) electrons. The second-order valence-corrected chi connectivity index (χ2v) is 5.33. The molecular formula is C11H19N3S. The highest BCUT2D eigenvalue weighted by Crippen LogP contribution is 2.33. The van der Waals surface area contributed by atoms with Crippen molar-refractivity contribution in [2.75, 3.05) is 18.1 Å². The van der Waals surface area contributed by atoms with Gasteiger partial charge in [0.15, 0.2) is 0 Å². The monoisotopic (exact) mass is 225 g/mol. The summed E-state index contributed by atoms with van der Waals surface area (Å²) in [6.07, 6.45) is 5.54. The Kier molecular flexibility index (Phi) is 3.70. The molecule has 0 atom stereocenters. The lowest BCUT2D eigenvalue weighted by Gasteiger charge is -2.22. The number of aryl methyl sites for hydroxylation is 1. The number of nitrogens with two attached hydrogens (primary N) is 1. The van der Waals surface area contributed by atoms with Crippen LogP contribution in [0.2, 0.25) is 0 Å². The molecule has 0 unspecified atom stereocenters. The summed E-state index contributed by atoms with van der Waals surface area (Å²) in [5.74, 6) is 3.29. The van der Waals surface area contributed by atoms with Gasteiger partial charge in [0.05, 0.1) is 6.20 Å². The maximum Gasteiger partial charge on any atom is 0.0525 e. The van der Waals surface area contributed by atoms with Crippen LogP contribution in [0.1, 0.15) is 30.0 Å². The molecule has 0 spiro atoms. The lowest BCUT2D eigenvalue weighted by Crippen LogP contribution is -2.15. The standard InChI is InChI=1S/C11H19N3S/c1-14-11(9-3-6-15-7-4-9)10(2-5-12)8-13-14/h8-9H,2-7,12H2,1H3. The van der Waals surface area contributed by atoms with Gasteiger partial charge in [-0.2, -0.15) is 16.9 Å². The molecule has 15 heavy (non-hydrogen) atoms. The Morgan fingerprint density at radius 1 is 1.53 bits per heavy atom. The topological polar surface area (TPSA) is 43.8 Å².